The molecule has 0 saturated carbocycles. The monoisotopic (exact) mass is 426 g/mol. The maximum absolute atomic E-state index is 13.0. The van der Waals surface area contributed by atoms with E-state index in [1.807, 2.05) is 30.3 Å². The van der Waals surface area contributed by atoms with Crippen molar-refractivity contribution < 1.29 is 4.52 Å². The van der Waals surface area contributed by atoms with E-state index in [0.717, 1.165) is 5.56 Å². The van der Waals surface area contributed by atoms with Gasteiger partial charge in [0.05, 0.1) is 16.7 Å². The van der Waals surface area contributed by atoms with Crippen LogP contribution in [0.25, 0.3) is 22.3 Å². The molecule has 0 amide bonds. The average Bonchev–Trinajstić information content (AvgIpc) is 3.19. The van der Waals surface area contributed by atoms with E-state index in [0.29, 0.717) is 51.0 Å². The van der Waals surface area contributed by atoms with Crippen LogP contribution in [-0.4, -0.2) is 19.7 Å². The van der Waals surface area contributed by atoms with Gasteiger partial charge in [-0.05, 0) is 24.1 Å². The molecule has 0 aliphatic rings. The summed E-state index contributed by atoms with van der Waals surface area (Å²) in [4.78, 5) is 22.2. The molecule has 4 rings (SSSR count). The molecular formula is C21H19ClN4O2S. The standard InChI is InChI=1S/C21H19ClN4O2S/c1-13(2)11-26-20(27)16-10-15(22)8-9-17(16)23-21(26)29-12-18-24-19(25-28-18)14-6-4-3-5-7-14/h3-10,13H,11-12H2,1-2H3. The van der Waals surface area contributed by atoms with Crippen molar-refractivity contribution in [3.63, 3.8) is 0 Å². The summed E-state index contributed by atoms with van der Waals surface area (Å²) < 4.78 is 7.08. The number of rotatable bonds is 6. The van der Waals surface area contributed by atoms with Gasteiger partial charge in [0.2, 0.25) is 11.7 Å². The molecule has 6 nitrogen and oxygen atoms in total. The van der Waals surface area contributed by atoms with Crippen LogP contribution in [0.1, 0.15) is 19.7 Å². The van der Waals surface area contributed by atoms with Crippen LogP contribution in [0.15, 0.2) is 63.0 Å². The highest BCUT2D eigenvalue weighted by Gasteiger charge is 2.15. The highest BCUT2D eigenvalue weighted by atomic mass is 35.5. The van der Waals surface area contributed by atoms with Crippen LogP contribution in [0, 0.1) is 5.92 Å². The van der Waals surface area contributed by atoms with E-state index in [2.05, 4.69) is 29.0 Å². The summed E-state index contributed by atoms with van der Waals surface area (Å²) in [5.74, 6) is 1.74. The van der Waals surface area contributed by atoms with Crippen LogP contribution in [0.3, 0.4) is 0 Å². The van der Waals surface area contributed by atoms with E-state index in [4.69, 9.17) is 16.1 Å². The Morgan fingerprint density at radius 2 is 1.93 bits per heavy atom. The molecule has 0 unspecified atom stereocenters. The largest absolute Gasteiger partial charge is 0.338 e. The molecule has 0 fully saturated rings. The zero-order valence-electron chi connectivity index (χ0n) is 16.0. The van der Waals surface area contributed by atoms with Gasteiger partial charge in [0.1, 0.15) is 0 Å². The van der Waals surface area contributed by atoms with Gasteiger partial charge < -0.3 is 4.52 Å². The van der Waals surface area contributed by atoms with Crippen LogP contribution in [0.4, 0.5) is 0 Å². The quantitative estimate of drug-likeness (QED) is 0.317. The van der Waals surface area contributed by atoms with Crippen molar-refractivity contribution in [2.75, 3.05) is 0 Å². The van der Waals surface area contributed by atoms with Crippen molar-refractivity contribution in [3.05, 3.63) is 69.8 Å². The van der Waals surface area contributed by atoms with Crippen LogP contribution in [0.5, 0.6) is 0 Å². The lowest BCUT2D eigenvalue weighted by Gasteiger charge is -2.14. The first-order valence-corrected chi connectivity index (χ1v) is 10.6. The second-order valence-corrected chi connectivity index (χ2v) is 8.41. The second kappa shape index (κ2) is 8.39. The summed E-state index contributed by atoms with van der Waals surface area (Å²) in [6, 6.07) is 14.8. The molecule has 2 aromatic heterocycles. The molecule has 2 aromatic carbocycles. The fraction of sp³-hybridized carbons (Fsp3) is 0.238. The number of hydrogen-bond acceptors (Lipinski definition) is 6. The number of aromatic nitrogens is 4. The highest BCUT2D eigenvalue weighted by molar-refractivity contribution is 7.98. The minimum absolute atomic E-state index is 0.0933. The summed E-state index contributed by atoms with van der Waals surface area (Å²) in [7, 11) is 0. The third-order valence-electron chi connectivity index (χ3n) is 4.25. The molecule has 0 aliphatic carbocycles. The van der Waals surface area contributed by atoms with Gasteiger partial charge >= 0.3 is 0 Å². The zero-order chi connectivity index (χ0) is 20.4. The highest BCUT2D eigenvalue weighted by Crippen LogP contribution is 2.24. The number of fused-ring (bicyclic) bond motifs is 1. The Kier molecular flexibility index (Phi) is 5.69. The number of nitrogens with zero attached hydrogens (tertiary/aromatic N) is 4. The maximum atomic E-state index is 13.0. The molecule has 4 aromatic rings. The zero-order valence-corrected chi connectivity index (χ0v) is 17.6. The van der Waals surface area contributed by atoms with Crippen LogP contribution in [0.2, 0.25) is 5.02 Å². The molecule has 0 N–H and O–H groups in total. The third-order valence-corrected chi connectivity index (χ3v) is 5.45. The molecule has 0 bridgehead atoms. The lowest BCUT2D eigenvalue weighted by molar-refractivity contribution is 0.391. The Morgan fingerprint density at radius 3 is 2.69 bits per heavy atom. The SMILES string of the molecule is CC(C)Cn1c(SCc2nc(-c3ccccc3)no2)nc2ccc(Cl)cc2c1=O. The molecule has 2 heterocycles. The van der Waals surface area contributed by atoms with Crippen LogP contribution >= 0.6 is 23.4 Å². The third kappa shape index (κ3) is 4.36. The van der Waals surface area contributed by atoms with Crippen molar-refractivity contribution >= 4 is 34.3 Å². The molecule has 0 aliphatic heterocycles. The van der Waals surface area contributed by atoms with Gasteiger partial charge in [0.15, 0.2) is 5.16 Å². The van der Waals surface area contributed by atoms with Crippen molar-refractivity contribution in [2.24, 2.45) is 5.92 Å². The van der Waals surface area contributed by atoms with E-state index in [1.54, 1.807) is 22.8 Å². The Morgan fingerprint density at radius 1 is 1.14 bits per heavy atom. The smallest absolute Gasteiger partial charge is 0.262 e. The average molecular weight is 427 g/mol. The molecule has 8 heteroatoms. The van der Waals surface area contributed by atoms with Gasteiger partial charge in [-0.15, -0.1) is 0 Å². The minimum atomic E-state index is -0.0933. The van der Waals surface area contributed by atoms with E-state index >= 15 is 0 Å². The van der Waals surface area contributed by atoms with Crippen molar-refractivity contribution in [3.8, 4) is 11.4 Å². The molecule has 29 heavy (non-hydrogen) atoms. The van der Waals surface area contributed by atoms with E-state index < -0.39 is 0 Å². The number of halogens is 1. The number of hydrogen-bond donors (Lipinski definition) is 0. The van der Waals surface area contributed by atoms with Crippen LogP contribution < -0.4 is 5.56 Å². The lowest BCUT2D eigenvalue weighted by Crippen LogP contribution is -2.25. The van der Waals surface area contributed by atoms with E-state index in [1.165, 1.54) is 11.8 Å². The predicted octanol–water partition coefficient (Wildman–Crippen LogP) is 5.05. The van der Waals surface area contributed by atoms with E-state index in [-0.39, 0.29) is 5.56 Å². The normalized spacial score (nSPS) is 11.4. The Bertz CT molecular complexity index is 1200. The topological polar surface area (TPSA) is 73.8 Å². The number of benzene rings is 2. The van der Waals surface area contributed by atoms with Crippen molar-refractivity contribution in [2.45, 2.75) is 31.3 Å². The lowest BCUT2D eigenvalue weighted by atomic mass is 10.2. The maximum Gasteiger partial charge on any atom is 0.262 e. The first-order chi connectivity index (χ1) is 14.0. The minimum Gasteiger partial charge on any atom is -0.338 e. The summed E-state index contributed by atoms with van der Waals surface area (Å²) in [6.07, 6.45) is 0. The molecule has 0 saturated heterocycles. The van der Waals surface area contributed by atoms with Crippen molar-refractivity contribution in [1.29, 1.82) is 0 Å². The molecule has 0 radical (unpaired) electrons. The van der Waals surface area contributed by atoms with Gasteiger partial charge in [-0.3, -0.25) is 9.36 Å². The Labute approximate surface area is 176 Å². The van der Waals surface area contributed by atoms with Gasteiger partial charge in [0.25, 0.3) is 5.56 Å². The summed E-state index contributed by atoms with van der Waals surface area (Å²) in [5.41, 5.74) is 1.42. The number of thioether (sulfide) groups is 1. The second-order valence-electron chi connectivity index (χ2n) is 7.03. The predicted molar refractivity (Wildman–Crippen MR) is 115 cm³/mol. The molecule has 148 valence electrons. The van der Waals surface area contributed by atoms with E-state index in [9.17, 15) is 4.79 Å². The van der Waals surface area contributed by atoms with Crippen molar-refractivity contribution in [1.82, 2.24) is 19.7 Å². The van der Waals surface area contributed by atoms with Crippen LogP contribution in [-0.2, 0) is 12.3 Å². The Hall–Kier alpha value is -2.64. The van der Waals surface area contributed by atoms with Gasteiger partial charge in [-0.1, -0.05) is 72.7 Å². The van der Waals surface area contributed by atoms with Gasteiger partial charge in [-0.2, -0.15) is 4.98 Å². The Balaban J connectivity index is 1.64. The fourth-order valence-electron chi connectivity index (χ4n) is 2.95. The fourth-order valence-corrected chi connectivity index (χ4v) is 3.97. The summed E-state index contributed by atoms with van der Waals surface area (Å²) in [6.45, 7) is 4.69. The first kappa shape index (κ1) is 19.7. The molecular weight excluding hydrogens is 408 g/mol. The molecule has 0 spiro atoms. The first-order valence-electron chi connectivity index (χ1n) is 9.22. The summed E-state index contributed by atoms with van der Waals surface area (Å²) >= 11 is 7.48. The van der Waals surface area contributed by atoms with Gasteiger partial charge in [0, 0.05) is 17.1 Å². The van der Waals surface area contributed by atoms with Gasteiger partial charge in [-0.25, -0.2) is 4.98 Å². The molecule has 0 atom stereocenters. The summed E-state index contributed by atoms with van der Waals surface area (Å²) in [5, 5.41) is 5.71.